The van der Waals surface area contributed by atoms with Crippen LogP contribution in [0, 0.1) is 5.92 Å². The van der Waals surface area contributed by atoms with E-state index in [-0.39, 0.29) is 34.6 Å². The standard InChI is InChI=1S/C45H67N7O13/c1-7-26(2)16-14-12-10-8-9-11-13-15-17-37(55)50(5)35(25-53)43(60)47-27(3)41(58)46-24-38(56)51(6)39-30-18-19-36(54)31(23-30)32-20-29(22-34(40(32)57)52(64)65)21-33(45(62)63)49-42(59)28(4)48-44(39)61/h18-20,22-23,26-28,33,35,39,53-54,57,64-65H,7-17,21,24-25H2,1-6H3,(H,46,58)(H,47,60)(H,48,61)(H,49,59)(H,62,63)/p-1. The fourth-order valence-electron chi connectivity index (χ4n) is 7.44. The molecule has 3 rings (SSSR count). The maximum Gasteiger partial charge on any atom is 0.326 e. The van der Waals surface area contributed by atoms with Crippen molar-refractivity contribution >= 4 is 47.1 Å². The normalized spacial score (nSPS) is 17.6. The predicted molar refractivity (Wildman–Crippen MR) is 235 cm³/mol. The van der Waals surface area contributed by atoms with Gasteiger partial charge in [-0.05, 0) is 61.1 Å². The van der Waals surface area contributed by atoms with Crippen molar-refractivity contribution in [2.24, 2.45) is 5.92 Å². The number of aromatic hydroxyl groups is 1. The van der Waals surface area contributed by atoms with E-state index >= 15 is 0 Å². The van der Waals surface area contributed by atoms with Crippen molar-refractivity contribution in [2.45, 2.75) is 135 Å². The van der Waals surface area contributed by atoms with Crippen LogP contribution in [0.15, 0.2) is 30.3 Å². The molecule has 0 saturated carbocycles. The molecule has 0 saturated heterocycles. The lowest BCUT2D eigenvalue weighted by molar-refractivity contribution is -0.267. The van der Waals surface area contributed by atoms with Crippen molar-refractivity contribution in [2.75, 3.05) is 32.5 Å². The molecule has 6 unspecified atom stereocenters. The van der Waals surface area contributed by atoms with Crippen molar-refractivity contribution in [1.82, 2.24) is 31.1 Å². The number of phenolic OH excluding ortho intramolecular Hbond substituents is 1. The summed E-state index contributed by atoms with van der Waals surface area (Å²) < 4.78 is 0. The maximum absolute atomic E-state index is 13.9. The average molecular weight is 913 g/mol. The van der Waals surface area contributed by atoms with Gasteiger partial charge in [0.2, 0.25) is 35.4 Å². The summed E-state index contributed by atoms with van der Waals surface area (Å²) in [5.41, 5.74) is -1.27. The Balaban J connectivity index is 1.70. The van der Waals surface area contributed by atoms with E-state index in [1.54, 1.807) is 0 Å². The molecule has 20 heteroatoms. The summed E-state index contributed by atoms with van der Waals surface area (Å²) in [6, 6.07) is -1.41. The molecule has 6 amide bonds. The molecule has 1 heterocycles. The zero-order valence-corrected chi connectivity index (χ0v) is 38.1. The Morgan fingerprint density at radius 2 is 1.49 bits per heavy atom. The number of nitrogens with one attached hydrogen (secondary N) is 4. The van der Waals surface area contributed by atoms with Crippen LogP contribution >= 0.6 is 0 Å². The van der Waals surface area contributed by atoms with Gasteiger partial charge >= 0.3 is 5.97 Å². The molecule has 360 valence electrons. The Hall–Kier alpha value is -5.99. The van der Waals surface area contributed by atoms with Crippen LogP contribution in [0.1, 0.15) is 115 Å². The number of anilines is 1. The number of carboxylic acids is 1. The number of hydrogen-bond donors (Lipinski definition) is 9. The Kier molecular flexibility index (Phi) is 20.9. The number of aliphatic carboxylic acids is 1. The van der Waals surface area contributed by atoms with Gasteiger partial charge in [0.25, 0.3) is 0 Å². The van der Waals surface area contributed by atoms with E-state index in [0.717, 1.165) is 53.5 Å². The first-order valence-corrected chi connectivity index (χ1v) is 22.1. The molecule has 1 aliphatic heterocycles. The smallest absolute Gasteiger partial charge is 0.326 e. The number of aliphatic hydroxyl groups is 1. The van der Waals surface area contributed by atoms with Crippen LogP contribution in [0.3, 0.4) is 0 Å². The van der Waals surface area contributed by atoms with Crippen LogP contribution in [0.2, 0.25) is 0 Å². The number of aliphatic hydroxyl groups excluding tert-OH is 1. The quantitative estimate of drug-likeness (QED) is 0.0605. The van der Waals surface area contributed by atoms with Gasteiger partial charge in [-0.3, -0.25) is 39.2 Å². The van der Waals surface area contributed by atoms with Crippen LogP contribution < -0.4 is 31.6 Å². The zero-order chi connectivity index (χ0) is 48.5. The molecule has 0 aromatic heterocycles. The van der Waals surface area contributed by atoms with E-state index in [0.29, 0.717) is 6.42 Å². The highest BCUT2D eigenvalue weighted by Crippen LogP contribution is 2.42. The van der Waals surface area contributed by atoms with Gasteiger partial charge in [0.05, 0.1) is 18.8 Å². The number of amides is 6. The molecule has 1 aliphatic rings. The Labute approximate surface area is 379 Å². The van der Waals surface area contributed by atoms with Gasteiger partial charge in [-0.2, -0.15) is 0 Å². The number of rotatable bonds is 22. The second-order valence-electron chi connectivity index (χ2n) is 16.8. The number of nitrogens with zero attached hydrogens (tertiary/aromatic N) is 3. The van der Waals surface area contributed by atoms with Crippen molar-refractivity contribution in [3.63, 3.8) is 0 Å². The SMILES string of the molecule is CCC(C)CCCCCCCCCCC(=O)N(C)C(CO)C(=O)NC(C)C(=O)NCC(=O)N(C)C1C(=O)NC(C)C(=O)NC(C(=O)O)Cc2cc(c([O-])c(N(O)O)c2)-c2cc1ccc2O. The van der Waals surface area contributed by atoms with Crippen LogP contribution in [-0.2, 0) is 40.0 Å². The third-order valence-corrected chi connectivity index (χ3v) is 11.8. The Morgan fingerprint density at radius 3 is 2.09 bits per heavy atom. The van der Waals surface area contributed by atoms with Crippen molar-refractivity contribution in [1.29, 1.82) is 0 Å². The highest BCUT2D eigenvalue weighted by Gasteiger charge is 2.34. The minimum absolute atomic E-state index is 0.00524. The second-order valence-corrected chi connectivity index (χ2v) is 16.8. The number of benzene rings is 2. The summed E-state index contributed by atoms with van der Waals surface area (Å²) in [6.45, 7) is 5.64. The lowest BCUT2D eigenvalue weighted by Crippen LogP contribution is -2.55. The summed E-state index contributed by atoms with van der Waals surface area (Å²) in [7, 11) is 2.60. The van der Waals surface area contributed by atoms with Gasteiger partial charge in [0, 0.05) is 32.5 Å². The van der Waals surface area contributed by atoms with Gasteiger partial charge in [0.15, 0.2) is 0 Å². The molecule has 2 aromatic rings. The minimum atomic E-state index is -1.63. The first-order valence-electron chi connectivity index (χ1n) is 22.1. The van der Waals surface area contributed by atoms with Crippen LogP contribution in [0.25, 0.3) is 11.1 Å². The van der Waals surface area contributed by atoms with E-state index in [2.05, 4.69) is 35.1 Å². The lowest BCUT2D eigenvalue weighted by atomic mass is 9.93. The van der Waals surface area contributed by atoms with Gasteiger partial charge in [-0.15, -0.1) is 5.23 Å². The van der Waals surface area contributed by atoms with Crippen molar-refractivity contribution in [3.8, 4) is 22.6 Å². The minimum Gasteiger partial charge on any atom is -0.871 e. The number of unbranched alkanes of at least 4 members (excludes halogenated alkanes) is 7. The topological polar surface area (TPSA) is 302 Å². The molecular formula is C45H66N7O13-. The fraction of sp³-hybridized carbons (Fsp3) is 0.578. The Morgan fingerprint density at radius 1 is 0.862 bits per heavy atom. The van der Waals surface area contributed by atoms with Crippen LogP contribution in [0.5, 0.6) is 11.5 Å². The van der Waals surface area contributed by atoms with E-state index < -0.39 is 108 Å². The van der Waals surface area contributed by atoms with E-state index in [9.17, 15) is 64.4 Å². The molecule has 4 bridgehead atoms. The van der Waals surface area contributed by atoms with Crippen LogP contribution in [-0.4, -0.2) is 128 Å². The lowest BCUT2D eigenvalue weighted by Gasteiger charge is -2.31. The number of hydrogen-bond acceptors (Lipinski definition) is 13. The molecule has 2 aromatic carbocycles. The summed E-state index contributed by atoms with van der Waals surface area (Å²) >= 11 is 0. The summed E-state index contributed by atoms with van der Waals surface area (Å²) in [5.74, 6) is -6.99. The zero-order valence-electron chi connectivity index (χ0n) is 38.1. The van der Waals surface area contributed by atoms with Crippen molar-refractivity contribution < 1.29 is 64.4 Å². The average Bonchev–Trinajstić information content (AvgIpc) is 3.26. The fourth-order valence-corrected chi connectivity index (χ4v) is 7.44. The number of likely N-dealkylation sites (N-methyl/N-ethyl adjacent to an activating group) is 2. The number of carboxylic acid groups (broad SMARTS) is 1. The molecule has 65 heavy (non-hydrogen) atoms. The van der Waals surface area contributed by atoms with E-state index in [4.69, 9.17) is 0 Å². The molecule has 0 aliphatic carbocycles. The first-order chi connectivity index (χ1) is 30.7. The highest BCUT2D eigenvalue weighted by atomic mass is 16.8. The summed E-state index contributed by atoms with van der Waals surface area (Å²) in [6.07, 6.45) is 10.6. The number of fused-ring (bicyclic) bond motifs is 5. The van der Waals surface area contributed by atoms with E-state index in [1.807, 2.05) is 0 Å². The molecule has 6 atom stereocenters. The summed E-state index contributed by atoms with van der Waals surface area (Å²) in [4.78, 5) is 94.2. The second kappa shape index (κ2) is 25.5. The molecule has 9 N–H and O–H groups in total. The molecular weight excluding hydrogens is 847 g/mol. The van der Waals surface area contributed by atoms with Crippen LogP contribution in [0.4, 0.5) is 5.69 Å². The van der Waals surface area contributed by atoms with Gasteiger partial charge in [0.1, 0.15) is 36.0 Å². The van der Waals surface area contributed by atoms with Gasteiger partial charge in [-0.1, -0.05) is 89.5 Å². The molecule has 20 nitrogen and oxygen atoms in total. The number of carbonyl (C=O) groups is 7. The van der Waals surface area contributed by atoms with Crippen molar-refractivity contribution in [3.05, 3.63) is 41.5 Å². The Bertz CT molecular complexity index is 2000. The third-order valence-electron chi connectivity index (χ3n) is 11.8. The van der Waals surface area contributed by atoms with E-state index in [1.165, 1.54) is 78.2 Å². The highest BCUT2D eigenvalue weighted by molar-refractivity contribution is 5.96. The molecule has 0 radical (unpaired) electrons. The summed E-state index contributed by atoms with van der Waals surface area (Å²) in [5, 5.41) is 73.0. The number of carbonyl (C=O) groups excluding carboxylic acids is 6. The van der Waals surface area contributed by atoms with Gasteiger partial charge < -0.3 is 51.5 Å². The maximum atomic E-state index is 13.9. The molecule has 0 spiro atoms. The first kappa shape index (κ1) is 53.3. The number of phenols is 1. The largest absolute Gasteiger partial charge is 0.871 e. The molecule has 0 fully saturated rings. The monoisotopic (exact) mass is 912 g/mol. The predicted octanol–water partition coefficient (Wildman–Crippen LogP) is 2.23. The third kappa shape index (κ3) is 15.3. The van der Waals surface area contributed by atoms with Gasteiger partial charge in [-0.25, -0.2) is 4.79 Å².